The fourth-order valence-corrected chi connectivity index (χ4v) is 5.21. The van der Waals surface area contributed by atoms with Gasteiger partial charge in [0.05, 0.1) is 0 Å². The number of anilines is 1. The first kappa shape index (κ1) is 24.1. The summed E-state index contributed by atoms with van der Waals surface area (Å²) in [6.07, 6.45) is 9.24. The van der Waals surface area contributed by atoms with Crippen molar-refractivity contribution in [3.63, 3.8) is 0 Å². The van der Waals surface area contributed by atoms with Gasteiger partial charge in [-0.25, -0.2) is 0 Å². The van der Waals surface area contributed by atoms with Crippen molar-refractivity contribution in [1.82, 2.24) is 15.5 Å². The predicted molar refractivity (Wildman–Crippen MR) is 138 cm³/mol. The number of aryl methyl sites for hydroxylation is 1. The monoisotopic (exact) mass is 539 g/mol. The van der Waals surface area contributed by atoms with E-state index >= 15 is 0 Å². The van der Waals surface area contributed by atoms with Crippen LogP contribution in [0.15, 0.2) is 23.2 Å². The summed E-state index contributed by atoms with van der Waals surface area (Å²) in [6.45, 7) is 3.56. The highest BCUT2D eigenvalue weighted by Gasteiger charge is 2.31. The number of halogens is 1. The van der Waals surface area contributed by atoms with Crippen LogP contribution in [0.5, 0.6) is 0 Å². The Morgan fingerprint density at radius 2 is 1.94 bits per heavy atom. The Labute approximate surface area is 204 Å². The third kappa shape index (κ3) is 6.05. The van der Waals surface area contributed by atoms with Crippen molar-refractivity contribution in [2.24, 2.45) is 10.9 Å². The number of benzene rings is 1. The van der Waals surface area contributed by atoms with Crippen molar-refractivity contribution in [3.05, 3.63) is 29.3 Å². The molecule has 4 rings (SSSR count). The second kappa shape index (κ2) is 11.4. The van der Waals surface area contributed by atoms with Gasteiger partial charge in [0.2, 0.25) is 5.91 Å². The maximum atomic E-state index is 12.8. The predicted octanol–water partition coefficient (Wildman–Crippen LogP) is 3.53. The van der Waals surface area contributed by atoms with E-state index in [-0.39, 0.29) is 35.9 Å². The molecule has 0 spiro atoms. The van der Waals surface area contributed by atoms with Gasteiger partial charge in [-0.1, -0.05) is 31.4 Å². The Balaban J connectivity index is 0.00000272. The quantitative estimate of drug-likeness (QED) is 0.349. The van der Waals surface area contributed by atoms with E-state index in [1.54, 1.807) is 0 Å². The summed E-state index contributed by atoms with van der Waals surface area (Å²) in [5.41, 5.74) is 4.09. The summed E-state index contributed by atoms with van der Waals surface area (Å²) >= 11 is 0. The maximum Gasteiger partial charge on any atom is 0.225 e. The molecule has 31 heavy (non-hydrogen) atoms. The molecule has 2 aliphatic heterocycles. The third-order valence-corrected chi connectivity index (χ3v) is 6.97. The van der Waals surface area contributed by atoms with E-state index in [9.17, 15) is 4.79 Å². The molecule has 1 atom stereocenters. The van der Waals surface area contributed by atoms with Crippen LogP contribution in [-0.4, -0.2) is 56.5 Å². The summed E-state index contributed by atoms with van der Waals surface area (Å²) < 4.78 is 0. The van der Waals surface area contributed by atoms with Crippen molar-refractivity contribution >= 4 is 41.5 Å². The molecule has 2 N–H and O–H groups in total. The highest BCUT2D eigenvalue weighted by molar-refractivity contribution is 14.0. The van der Waals surface area contributed by atoms with Gasteiger partial charge in [0, 0.05) is 57.9 Å². The summed E-state index contributed by atoms with van der Waals surface area (Å²) in [7, 11) is 3.99. The molecule has 1 aromatic rings. The van der Waals surface area contributed by atoms with E-state index in [4.69, 9.17) is 0 Å². The van der Waals surface area contributed by atoms with Gasteiger partial charge in [-0.3, -0.25) is 9.79 Å². The van der Waals surface area contributed by atoms with Crippen LogP contribution in [0.3, 0.4) is 0 Å². The molecule has 0 bridgehead atoms. The lowest BCUT2D eigenvalue weighted by molar-refractivity contribution is -0.135. The van der Waals surface area contributed by atoms with Crippen molar-refractivity contribution in [2.45, 2.75) is 64.0 Å². The number of fused-ring (bicyclic) bond motifs is 1. The second-order valence-corrected chi connectivity index (χ2v) is 9.16. The fourth-order valence-electron chi connectivity index (χ4n) is 5.21. The Hall–Kier alpha value is -1.51. The topological polar surface area (TPSA) is 60.0 Å². The van der Waals surface area contributed by atoms with Crippen LogP contribution in [0.2, 0.25) is 0 Å². The van der Waals surface area contributed by atoms with Crippen molar-refractivity contribution in [1.29, 1.82) is 0 Å². The number of carbonyl (C=O) groups excluding carboxylic acids is 1. The summed E-state index contributed by atoms with van der Waals surface area (Å²) in [4.78, 5) is 21.6. The number of likely N-dealkylation sites (tertiary alicyclic amines) is 1. The van der Waals surface area contributed by atoms with Crippen molar-refractivity contribution in [2.75, 3.05) is 38.6 Å². The van der Waals surface area contributed by atoms with Crippen LogP contribution in [0.1, 0.15) is 56.1 Å². The first-order chi connectivity index (χ1) is 14.6. The second-order valence-electron chi connectivity index (χ2n) is 9.16. The lowest BCUT2D eigenvalue weighted by Gasteiger charge is -2.28. The number of amides is 1. The van der Waals surface area contributed by atoms with Crippen LogP contribution >= 0.6 is 24.0 Å². The number of aliphatic imine (C=N–C) groups is 1. The van der Waals surface area contributed by atoms with Crippen molar-refractivity contribution < 1.29 is 4.79 Å². The minimum atomic E-state index is 0. The van der Waals surface area contributed by atoms with E-state index in [1.165, 1.54) is 42.5 Å². The van der Waals surface area contributed by atoms with Gasteiger partial charge in [-0.05, 0) is 49.3 Å². The summed E-state index contributed by atoms with van der Waals surface area (Å²) in [5, 5.41) is 6.99. The average Bonchev–Trinajstić information content (AvgIpc) is 3.25. The largest absolute Gasteiger partial charge is 0.374 e. The molecular formula is C24H38IN5O. The Bertz CT molecular complexity index is 777. The zero-order valence-corrected chi connectivity index (χ0v) is 21.4. The maximum absolute atomic E-state index is 12.8. The van der Waals surface area contributed by atoms with Crippen LogP contribution in [0.4, 0.5) is 5.69 Å². The number of rotatable bonds is 4. The molecule has 0 aromatic heterocycles. The summed E-state index contributed by atoms with van der Waals surface area (Å²) in [5.74, 6) is 1.46. The van der Waals surface area contributed by atoms with E-state index < -0.39 is 0 Å². The van der Waals surface area contributed by atoms with E-state index in [0.29, 0.717) is 5.91 Å². The standard InChI is InChI=1S/C24H37N5O.HI/c1-25-24(26-16-18-10-11-22-20(15-18)9-6-13-28(22)2)27-21-12-14-29(17-21)23(30)19-7-4-3-5-8-19;/h10-11,15,19,21H,3-9,12-14,16-17H2,1-2H3,(H2,25,26,27);1H. The lowest BCUT2D eigenvalue weighted by Crippen LogP contribution is -2.45. The Kier molecular flexibility index (Phi) is 8.86. The zero-order valence-electron chi connectivity index (χ0n) is 19.0. The lowest BCUT2D eigenvalue weighted by atomic mass is 9.88. The molecule has 1 aromatic carbocycles. The molecule has 2 heterocycles. The van der Waals surface area contributed by atoms with Crippen LogP contribution in [-0.2, 0) is 17.8 Å². The van der Waals surface area contributed by atoms with Gasteiger partial charge < -0.3 is 20.4 Å². The highest BCUT2D eigenvalue weighted by Crippen LogP contribution is 2.27. The van der Waals surface area contributed by atoms with Crippen molar-refractivity contribution in [3.8, 4) is 0 Å². The molecule has 6 nitrogen and oxygen atoms in total. The van der Waals surface area contributed by atoms with Crippen LogP contribution < -0.4 is 15.5 Å². The van der Waals surface area contributed by atoms with Gasteiger partial charge in [-0.2, -0.15) is 0 Å². The number of nitrogens with one attached hydrogen (secondary N) is 2. The number of guanidine groups is 1. The minimum Gasteiger partial charge on any atom is -0.374 e. The molecule has 1 saturated carbocycles. The molecule has 0 radical (unpaired) electrons. The van der Waals surface area contributed by atoms with Crippen LogP contribution in [0.25, 0.3) is 0 Å². The Morgan fingerprint density at radius 1 is 1.13 bits per heavy atom. The minimum absolute atomic E-state index is 0. The molecule has 1 unspecified atom stereocenters. The molecule has 7 heteroatoms. The Morgan fingerprint density at radius 3 is 2.71 bits per heavy atom. The van der Waals surface area contributed by atoms with Crippen LogP contribution in [0, 0.1) is 5.92 Å². The van der Waals surface area contributed by atoms with Gasteiger partial charge in [0.1, 0.15) is 0 Å². The number of carbonyl (C=O) groups is 1. The normalized spacial score (nSPS) is 22.0. The SMILES string of the molecule is CN=C(NCc1ccc2c(c1)CCCN2C)NC1CCN(C(=O)C2CCCCC2)C1.I. The molecule has 1 amide bonds. The average molecular weight is 540 g/mol. The molecule has 1 aliphatic carbocycles. The molecule has 1 saturated heterocycles. The summed E-state index contributed by atoms with van der Waals surface area (Å²) in [6, 6.07) is 7.06. The van der Waals surface area contributed by atoms with Gasteiger partial charge in [0.15, 0.2) is 5.96 Å². The molecular weight excluding hydrogens is 501 g/mol. The number of nitrogens with zero attached hydrogens (tertiary/aromatic N) is 3. The fraction of sp³-hybridized carbons (Fsp3) is 0.667. The molecule has 172 valence electrons. The first-order valence-corrected chi connectivity index (χ1v) is 11.7. The van der Waals surface area contributed by atoms with Gasteiger partial charge in [0.25, 0.3) is 0 Å². The zero-order chi connectivity index (χ0) is 20.9. The highest BCUT2D eigenvalue weighted by atomic mass is 127. The van der Waals surface area contributed by atoms with Gasteiger partial charge in [-0.15, -0.1) is 24.0 Å². The van der Waals surface area contributed by atoms with Gasteiger partial charge >= 0.3 is 0 Å². The van der Waals surface area contributed by atoms with E-state index in [1.807, 2.05) is 7.05 Å². The molecule has 2 fully saturated rings. The third-order valence-electron chi connectivity index (χ3n) is 6.97. The number of hydrogen-bond acceptors (Lipinski definition) is 3. The van der Waals surface area contributed by atoms with E-state index in [2.05, 4.69) is 50.7 Å². The smallest absolute Gasteiger partial charge is 0.225 e. The molecule has 3 aliphatic rings. The van der Waals surface area contributed by atoms with E-state index in [0.717, 1.165) is 57.8 Å². The number of hydrogen-bond donors (Lipinski definition) is 2. The first-order valence-electron chi connectivity index (χ1n) is 11.7.